The average molecular weight is 384 g/mol. The summed E-state index contributed by atoms with van der Waals surface area (Å²) in [7, 11) is 0. The molecule has 0 aliphatic heterocycles. The van der Waals surface area contributed by atoms with Crippen LogP contribution in [0.3, 0.4) is 0 Å². The quantitative estimate of drug-likeness (QED) is 0.608. The average Bonchev–Trinajstić information content (AvgIpc) is 2.72. The van der Waals surface area contributed by atoms with Crippen LogP contribution in [0, 0.1) is 5.82 Å². The highest BCUT2D eigenvalue weighted by molar-refractivity contribution is 5.88. The number of unbranched alkanes of at least 4 members (excludes halogenated alkanes) is 2. The number of amides is 2. The van der Waals surface area contributed by atoms with Gasteiger partial charge in [-0.2, -0.15) is 0 Å². The standard InChI is InChI=1S/C23H29FN2O2/c1-3-5-9-16-25-23(28)22(19-10-7-6-8-11-19)26(21(27)4-2)17-18-12-14-20(24)15-13-18/h6-8,10-15,22H,3-5,9,16-17H2,1-2H3,(H,25,28)/t22-/m0/s1. The second-order valence-electron chi connectivity index (χ2n) is 6.81. The minimum absolute atomic E-state index is 0.123. The molecular formula is C23H29FN2O2. The maximum atomic E-state index is 13.3. The van der Waals surface area contributed by atoms with E-state index in [4.69, 9.17) is 0 Å². The van der Waals surface area contributed by atoms with E-state index < -0.39 is 6.04 Å². The number of carbonyl (C=O) groups is 2. The van der Waals surface area contributed by atoms with Gasteiger partial charge in [0.2, 0.25) is 11.8 Å². The van der Waals surface area contributed by atoms with E-state index in [0.29, 0.717) is 6.54 Å². The van der Waals surface area contributed by atoms with E-state index in [2.05, 4.69) is 12.2 Å². The van der Waals surface area contributed by atoms with E-state index in [1.807, 2.05) is 30.3 Å². The van der Waals surface area contributed by atoms with Crippen molar-refractivity contribution in [1.82, 2.24) is 10.2 Å². The largest absolute Gasteiger partial charge is 0.354 e. The lowest BCUT2D eigenvalue weighted by Crippen LogP contribution is -2.43. The molecule has 0 heterocycles. The normalized spacial score (nSPS) is 11.7. The molecule has 0 saturated heterocycles. The van der Waals surface area contributed by atoms with Crippen LogP contribution in [0.2, 0.25) is 0 Å². The number of carbonyl (C=O) groups excluding carboxylic acids is 2. The zero-order chi connectivity index (χ0) is 20.4. The first-order valence-corrected chi connectivity index (χ1v) is 9.93. The molecule has 0 radical (unpaired) electrons. The maximum Gasteiger partial charge on any atom is 0.247 e. The Morgan fingerprint density at radius 1 is 1.00 bits per heavy atom. The number of benzene rings is 2. The fourth-order valence-electron chi connectivity index (χ4n) is 3.10. The number of halogens is 1. The van der Waals surface area contributed by atoms with Crippen LogP contribution in [0.25, 0.3) is 0 Å². The molecule has 0 unspecified atom stereocenters. The fourth-order valence-corrected chi connectivity index (χ4v) is 3.10. The summed E-state index contributed by atoms with van der Waals surface area (Å²) in [5.41, 5.74) is 1.54. The molecule has 2 rings (SSSR count). The first-order valence-electron chi connectivity index (χ1n) is 9.93. The van der Waals surface area contributed by atoms with Gasteiger partial charge in [-0.1, -0.05) is 69.2 Å². The minimum atomic E-state index is -0.722. The van der Waals surface area contributed by atoms with Crippen LogP contribution in [0.4, 0.5) is 4.39 Å². The van der Waals surface area contributed by atoms with Crippen molar-refractivity contribution in [3.05, 3.63) is 71.5 Å². The van der Waals surface area contributed by atoms with Crippen molar-refractivity contribution in [3.63, 3.8) is 0 Å². The van der Waals surface area contributed by atoms with Crippen LogP contribution in [0.1, 0.15) is 56.7 Å². The molecule has 2 aromatic rings. The van der Waals surface area contributed by atoms with Crippen molar-refractivity contribution >= 4 is 11.8 Å². The SMILES string of the molecule is CCCCCNC(=O)[C@H](c1ccccc1)N(Cc1ccc(F)cc1)C(=O)CC. The Hall–Kier alpha value is -2.69. The Bertz CT molecular complexity index is 747. The Kier molecular flexibility index (Phi) is 8.66. The molecule has 0 bridgehead atoms. The zero-order valence-corrected chi connectivity index (χ0v) is 16.7. The number of nitrogens with zero attached hydrogens (tertiary/aromatic N) is 1. The van der Waals surface area contributed by atoms with E-state index in [0.717, 1.165) is 30.4 Å². The van der Waals surface area contributed by atoms with Gasteiger partial charge < -0.3 is 10.2 Å². The van der Waals surface area contributed by atoms with Gasteiger partial charge >= 0.3 is 0 Å². The number of hydrogen-bond acceptors (Lipinski definition) is 2. The predicted octanol–water partition coefficient (Wildman–Crippen LogP) is 4.61. The summed E-state index contributed by atoms with van der Waals surface area (Å²) < 4.78 is 13.3. The van der Waals surface area contributed by atoms with Gasteiger partial charge in [0.05, 0.1) is 0 Å². The summed E-state index contributed by atoms with van der Waals surface area (Å²) in [4.78, 5) is 27.4. The summed E-state index contributed by atoms with van der Waals surface area (Å²) in [6.07, 6.45) is 3.31. The van der Waals surface area contributed by atoms with Crippen LogP contribution in [-0.4, -0.2) is 23.3 Å². The minimum Gasteiger partial charge on any atom is -0.354 e. The molecular weight excluding hydrogens is 355 g/mol. The van der Waals surface area contributed by atoms with Gasteiger partial charge in [-0.25, -0.2) is 4.39 Å². The van der Waals surface area contributed by atoms with Gasteiger partial charge in [-0.3, -0.25) is 9.59 Å². The first kappa shape index (κ1) is 21.6. The summed E-state index contributed by atoms with van der Waals surface area (Å²) in [5, 5.41) is 2.98. The molecule has 2 amide bonds. The Balaban J connectivity index is 2.30. The van der Waals surface area contributed by atoms with Gasteiger partial charge in [0.1, 0.15) is 11.9 Å². The van der Waals surface area contributed by atoms with Crippen molar-refractivity contribution in [2.45, 2.75) is 52.1 Å². The molecule has 2 aromatic carbocycles. The molecule has 4 nitrogen and oxygen atoms in total. The summed E-state index contributed by atoms with van der Waals surface area (Å²) in [5.74, 6) is -0.640. The molecule has 28 heavy (non-hydrogen) atoms. The third-order valence-corrected chi connectivity index (χ3v) is 4.64. The topological polar surface area (TPSA) is 49.4 Å². The van der Waals surface area contributed by atoms with Crippen molar-refractivity contribution in [2.75, 3.05) is 6.54 Å². The molecule has 1 atom stereocenters. The van der Waals surface area contributed by atoms with Crippen LogP contribution < -0.4 is 5.32 Å². The second kappa shape index (κ2) is 11.2. The van der Waals surface area contributed by atoms with E-state index >= 15 is 0 Å². The third-order valence-electron chi connectivity index (χ3n) is 4.64. The molecule has 1 N–H and O–H groups in total. The van der Waals surface area contributed by atoms with Gasteiger partial charge in [0, 0.05) is 19.5 Å². The molecule has 5 heteroatoms. The third kappa shape index (κ3) is 6.19. The van der Waals surface area contributed by atoms with Crippen molar-refractivity contribution in [2.24, 2.45) is 0 Å². The van der Waals surface area contributed by atoms with Gasteiger partial charge in [-0.15, -0.1) is 0 Å². The number of hydrogen-bond donors (Lipinski definition) is 1. The summed E-state index contributed by atoms with van der Waals surface area (Å²) in [6, 6.07) is 14.6. The zero-order valence-electron chi connectivity index (χ0n) is 16.7. The Morgan fingerprint density at radius 3 is 2.29 bits per heavy atom. The van der Waals surface area contributed by atoms with E-state index in [1.165, 1.54) is 12.1 Å². The number of nitrogens with one attached hydrogen (secondary N) is 1. The monoisotopic (exact) mass is 384 g/mol. The molecule has 0 aliphatic rings. The molecule has 0 saturated carbocycles. The summed E-state index contributed by atoms with van der Waals surface area (Å²) >= 11 is 0. The Labute approximate surface area is 166 Å². The van der Waals surface area contributed by atoms with Crippen molar-refractivity contribution < 1.29 is 14.0 Å². The molecule has 0 aromatic heterocycles. The second-order valence-corrected chi connectivity index (χ2v) is 6.81. The predicted molar refractivity (Wildman–Crippen MR) is 109 cm³/mol. The highest BCUT2D eigenvalue weighted by Gasteiger charge is 2.30. The fraction of sp³-hybridized carbons (Fsp3) is 0.391. The smallest absolute Gasteiger partial charge is 0.247 e. The van der Waals surface area contributed by atoms with E-state index in [-0.39, 0.29) is 30.6 Å². The number of rotatable bonds is 10. The lowest BCUT2D eigenvalue weighted by molar-refractivity contribution is -0.141. The lowest BCUT2D eigenvalue weighted by Gasteiger charge is -2.31. The van der Waals surface area contributed by atoms with Crippen LogP contribution in [0.5, 0.6) is 0 Å². The first-order chi connectivity index (χ1) is 13.6. The van der Waals surface area contributed by atoms with E-state index in [9.17, 15) is 14.0 Å². The maximum absolute atomic E-state index is 13.3. The Morgan fingerprint density at radius 2 is 1.68 bits per heavy atom. The lowest BCUT2D eigenvalue weighted by atomic mass is 10.0. The van der Waals surface area contributed by atoms with Crippen molar-refractivity contribution in [3.8, 4) is 0 Å². The van der Waals surface area contributed by atoms with Crippen LogP contribution >= 0.6 is 0 Å². The van der Waals surface area contributed by atoms with E-state index in [1.54, 1.807) is 24.0 Å². The highest BCUT2D eigenvalue weighted by Crippen LogP contribution is 2.24. The molecule has 0 fully saturated rings. The summed E-state index contributed by atoms with van der Waals surface area (Å²) in [6.45, 7) is 4.72. The van der Waals surface area contributed by atoms with Crippen LogP contribution in [-0.2, 0) is 16.1 Å². The van der Waals surface area contributed by atoms with Gasteiger partial charge in [0.25, 0.3) is 0 Å². The highest BCUT2D eigenvalue weighted by atomic mass is 19.1. The van der Waals surface area contributed by atoms with Crippen molar-refractivity contribution in [1.29, 1.82) is 0 Å². The van der Waals surface area contributed by atoms with Gasteiger partial charge in [-0.05, 0) is 29.7 Å². The van der Waals surface area contributed by atoms with Gasteiger partial charge in [0.15, 0.2) is 0 Å². The molecule has 0 aliphatic carbocycles. The molecule has 150 valence electrons. The molecule has 0 spiro atoms. The van der Waals surface area contributed by atoms with Crippen LogP contribution in [0.15, 0.2) is 54.6 Å².